The van der Waals surface area contributed by atoms with Gasteiger partial charge in [-0.3, -0.25) is 4.79 Å². The number of halogens is 3. The van der Waals surface area contributed by atoms with Crippen LogP contribution in [0.15, 0.2) is 12.1 Å². The van der Waals surface area contributed by atoms with Crippen molar-refractivity contribution in [3.05, 3.63) is 34.4 Å². The Morgan fingerprint density at radius 1 is 1.30 bits per heavy atom. The Morgan fingerprint density at radius 3 is 2.50 bits per heavy atom. The van der Waals surface area contributed by atoms with Crippen molar-refractivity contribution < 1.29 is 28.6 Å². The Morgan fingerprint density at radius 2 is 1.90 bits per heavy atom. The molecule has 2 N–H and O–H groups in total. The maximum atomic E-state index is 13.2. The highest BCUT2D eigenvalue weighted by atomic mass is 35.5. The summed E-state index contributed by atoms with van der Waals surface area (Å²) >= 11 is 5.67. The Labute approximate surface area is 117 Å². The predicted molar refractivity (Wildman–Crippen MR) is 64.5 cm³/mol. The van der Waals surface area contributed by atoms with Crippen molar-refractivity contribution in [2.45, 2.75) is 18.6 Å². The Balaban J connectivity index is 2.36. The number of aliphatic carboxylic acids is 1. The summed E-state index contributed by atoms with van der Waals surface area (Å²) in [4.78, 5) is 24.1. The van der Waals surface area contributed by atoms with Crippen LogP contribution in [0.1, 0.15) is 16.8 Å². The normalized spacial score (nSPS) is 22.1. The summed E-state index contributed by atoms with van der Waals surface area (Å²) in [5.74, 6) is -4.61. The number of aliphatic hydroxyl groups is 1. The largest absolute Gasteiger partial charge is 0.480 e. The van der Waals surface area contributed by atoms with Crippen LogP contribution >= 0.6 is 11.6 Å². The molecule has 20 heavy (non-hydrogen) atoms. The lowest BCUT2D eigenvalue weighted by Crippen LogP contribution is -2.40. The molecule has 2 unspecified atom stereocenters. The first-order valence-electron chi connectivity index (χ1n) is 5.67. The summed E-state index contributed by atoms with van der Waals surface area (Å²) in [6.07, 6.45) is -1.10. The van der Waals surface area contributed by atoms with E-state index >= 15 is 0 Å². The van der Waals surface area contributed by atoms with Crippen molar-refractivity contribution >= 4 is 23.5 Å². The standard InChI is InChI=1S/C12H10ClF2NO4/c13-7-3-9(15)8(14)2-6(7)11(18)16-4-5(17)1-10(16)12(19)20/h2-3,5,10,17H,1,4H2,(H,19,20). The second-order valence-corrected chi connectivity index (χ2v) is 4.85. The minimum atomic E-state index is -1.28. The topological polar surface area (TPSA) is 77.8 Å². The molecular formula is C12H10ClF2NO4. The van der Waals surface area contributed by atoms with E-state index in [-0.39, 0.29) is 23.6 Å². The fourth-order valence-corrected chi connectivity index (χ4v) is 2.34. The second-order valence-electron chi connectivity index (χ2n) is 4.45. The summed E-state index contributed by atoms with van der Waals surface area (Å²) in [5.41, 5.74) is -0.342. The van der Waals surface area contributed by atoms with E-state index in [1.807, 2.05) is 0 Å². The third-order valence-electron chi connectivity index (χ3n) is 3.07. The second kappa shape index (κ2) is 5.34. The molecule has 1 heterocycles. The Hall–Kier alpha value is -1.73. The fraction of sp³-hybridized carbons (Fsp3) is 0.333. The molecule has 1 aromatic rings. The number of aliphatic hydroxyl groups excluding tert-OH is 1. The lowest BCUT2D eigenvalue weighted by Gasteiger charge is -2.21. The lowest BCUT2D eigenvalue weighted by atomic mass is 10.1. The maximum absolute atomic E-state index is 13.2. The summed E-state index contributed by atoms with van der Waals surface area (Å²) in [7, 11) is 0. The molecule has 1 aromatic carbocycles. The zero-order valence-electron chi connectivity index (χ0n) is 10.0. The lowest BCUT2D eigenvalue weighted by molar-refractivity contribution is -0.141. The van der Waals surface area contributed by atoms with E-state index < -0.39 is 35.7 Å². The molecule has 1 aliphatic rings. The number of rotatable bonds is 2. The third-order valence-corrected chi connectivity index (χ3v) is 3.38. The number of carbonyl (C=O) groups is 2. The van der Waals surface area contributed by atoms with Crippen LogP contribution in [0.3, 0.4) is 0 Å². The zero-order valence-corrected chi connectivity index (χ0v) is 10.8. The maximum Gasteiger partial charge on any atom is 0.326 e. The predicted octanol–water partition coefficient (Wildman–Crippen LogP) is 1.28. The molecule has 1 fully saturated rings. The van der Waals surface area contributed by atoms with E-state index in [1.165, 1.54) is 0 Å². The van der Waals surface area contributed by atoms with E-state index in [1.54, 1.807) is 0 Å². The fourth-order valence-electron chi connectivity index (χ4n) is 2.11. The van der Waals surface area contributed by atoms with Crippen molar-refractivity contribution in [1.82, 2.24) is 4.90 Å². The van der Waals surface area contributed by atoms with Crippen molar-refractivity contribution in [3.63, 3.8) is 0 Å². The number of benzene rings is 1. The zero-order chi connectivity index (χ0) is 15.0. The van der Waals surface area contributed by atoms with Crippen molar-refractivity contribution in [3.8, 4) is 0 Å². The molecule has 0 radical (unpaired) electrons. The first-order chi connectivity index (χ1) is 9.31. The molecule has 0 aliphatic carbocycles. The van der Waals surface area contributed by atoms with Gasteiger partial charge >= 0.3 is 5.97 Å². The first kappa shape index (κ1) is 14.7. The van der Waals surface area contributed by atoms with Crippen molar-refractivity contribution in [2.24, 2.45) is 0 Å². The van der Waals surface area contributed by atoms with Crippen molar-refractivity contribution in [1.29, 1.82) is 0 Å². The number of nitrogens with zero attached hydrogens (tertiary/aromatic N) is 1. The van der Waals surface area contributed by atoms with Crippen LogP contribution in [0.5, 0.6) is 0 Å². The number of carboxylic acids is 1. The van der Waals surface area contributed by atoms with Gasteiger partial charge in [-0.1, -0.05) is 11.6 Å². The molecule has 2 atom stereocenters. The van der Waals surface area contributed by atoms with Gasteiger partial charge in [0.25, 0.3) is 5.91 Å². The van der Waals surface area contributed by atoms with Gasteiger partial charge in [-0.2, -0.15) is 0 Å². The highest BCUT2D eigenvalue weighted by Gasteiger charge is 2.39. The van der Waals surface area contributed by atoms with Gasteiger partial charge in [0, 0.05) is 13.0 Å². The highest BCUT2D eigenvalue weighted by molar-refractivity contribution is 6.33. The minimum absolute atomic E-state index is 0.123. The summed E-state index contributed by atoms with van der Waals surface area (Å²) in [6.45, 7) is -0.203. The van der Waals surface area contributed by atoms with Crippen molar-refractivity contribution in [2.75, 3.05) is 6.54 Å². The number of hydrogen-bond acceptors (Lipinski definition) is 3. The van der Waals surface area contributed by atoms with Gasteiger partial charge in [0.2, 0.25) is 0 Å². The Bertz CT molecular complexity index is 581. The molecule has 5 nitrogen and oxygen atoms in total. The van der Waals surface area contributed by atoms with Crippen LogP contribution in [0.4, 0.5) is 8.78 Å². The molecular weight excluding hydrogens is 296 g/mol. The molecule has 2 rings (SSSR count). The highest BCUT2D eigenvalue weighted by Crippen LogP contribution is 2.26. The molecule has 0 bridgehead atoms. The van der Waals surface area contributed by atoms with Crippen LogP contribution < -0.4 is 0 Å². The molecule has 8 heteroatoms. The average Bonchev–Trinajstić information content (AvgIpc) is 2.75. The van der Waals surface area contributed by atoms with E-state index in [2.05, 4.69) is 0 Å². The van der Waals surface area contributed by atoms with Gasteiger partial charge in [-0.05, 0) is 12.1 Å². The number of carbonyl (C=O) groups excluding carboxylic acids is 1. The van der Waals surface area contributed by atoms with E-state index in [9.17, 15) is 23.5 Å². The number of amides is 1. The monoisotopic (exact) mass is 305 g/mol. The third kappa shape index (κ3) is 2.59. The summed E-state index contributed by atoms with van der Waals surface area (Å²) in [5, 5.41) is 18.1. The van der Waals surface area contributed by atoms with E-state index in [0.717, 1.165) is 4.90 Å². The quantitative estimate of drug-likeness (QED) is 0.807. The van der Waals surface area contributed by atoms with Gasteiger partial charge in [0.15, 0.2) is 11.6 Å². The Kier molecular flexibility index (Phi) is 3.92. The number of hydrogen-bond donors (Lipinski definition) is 2. The van der Waals surface area contributed by atoms with E-state index in [4.69, 9.17) is 16.7 Å². The summed E-state index contributed by atoms with van der Waals surface area (Å²) in [6, 6.07) is 0.0393. The number of likely N-dealkylation sites (tertiary alicyclic amines) is 1. The first-order valence-corrected chi connectivity index (χ1v) is 6.05. The molecule has 108 valence electrons. The van der Waals surface area contributed by atoms with Gasteiger partial charge < -0.3 is 15.1 Å². The van der Waals surface area contributed by atoms with Crippen LogP contribution in [0, 0.1) is 11.6 Å². The average molecular weight is 306 g/mol. The smallest absolute Gasteiger partial charge is 0.326 e. The molecule has 0 saturated carbocycles. The van der Waals surface area contributed by atoms with Gasteiger partial charge in [0.1, 0.15) is 6.04 Å². The van der Waals surface area contributed by atoms with Gasteiger partial charge in [0.05, 0.1) is 16.7 Å². The molecule has 1 amide bonds. The molecule has 0 spiro atoms. The van der Waals surface area contributed by atoms with Crippen LogP contribution in [-0.2, 0) is 4.79 Å². The minimum Gasteiger partial charge on any atom is -0.480 e. The van der Waals surface area contributed by atoms with Crippen LogP contribution in [-0.4, -0.2) is 45.7 Å². The van der Waals surface area contributed by atoms with Crippen LogP contribution in [0.25, 0.3) is 0 Å². The van der Waals surface area contributed by atoms with Gasteiger partial charge in [-0.15, -0.1) is 0 Å². The number of carboxylic acid groups (broad SMARTS) is 1. The summed E-state index contributed by atoms with van der Waals surface area (Å²) < 4.78 is 26.1. The van der Waals surface area contributed by atoms with Gasteiger partial charge in [-0.25, -0.2) is 13.6 Å². The number of β-amino-alcohol motifs (C(OH)–C–C–N with tert-alkyl or cyclic N) is 1. The van der Waals surface area contributed by atoms with Crippen LogP contribution in [0.2, 0.25) is 5.02 Å². The molecule has 1 saturated heterocycles. The SMILES string of the molecule is O=C(O)C1CC(O)CN1C(=O)c1cc(F)c(F)cc1Cl. The molecule has 0 aromatic heterocycles. The molecule has 1 aliphatic heterocycles. The van der Waals surface area contributed by atoms with E-state index in [0.29, 0.717) is 12.1 Å².